The molecule has 1 heterocycles. The van der Waals surface area contributed by atoms with Gasteiger partial charge in [-0.1, -0.05) is 27.7 Å². The number of nitrogens with two attached hydrogens (primary N) is 1. The molecule has 18 heavy (non-hydrogen) atoms. The van der Waals surface area contributed by atoms with E-state index in [9.17, 15) is 4.79 Å². The van der Waals surface area contributed by atoms with E-state index in [0.29, 0.717) is 27.0 Å². The number of nitrogens with zero attached hydrogens (tertiary/aromatic N) is 1. The van der Waals surface area contributed by atoms with Crippen molar-refractivity contribution in [3.05, 3.63) is 10.4 Å². The van der Waals surface area contributed by atoms with Gasteiger partial charge in [0.05, 0.1) is 10.6 Å². The van der Waals surface area contributed by atoms with Crippen molar-refractivity contribution in [3.8, 4) is 6.07 Å². The van der Waals surface area contributed by atoms with Crippen LogP contribution in [0.1, 0.15) is 42.9 Å². The first kappa shape index (κ1) is 14.5. The first-order valence-corrected chi connectivity index (χ1v) is 6.80. The van der Waals surface area contributed by atoms with Crippen molar-refractivity contribution < 1.29 is 4.79 Å². The summed E-state index contributed by atoms with van der Waals surface area (Å²) in [4.78, 5) is 12.5. The summed E-state index contributed by atoms with van der Waals surface area (Å²) in [6.45, 7) is 8.57. The Bertz CT molecular complexity index is 483. The van der Waals surface area contributed by atoms with E-state index >= 15 is 0 Å². The summed E-state index contributed by atoms with van der Waals surface area (Å²) in [7, 11) is 0. The Morgan fingerprint density at radius 2 is 2.06 bits per heavy atom. The quantitative estimate of drug-likeness (QED) is 0.802. The van der Waals surface area contributed by atoms with Gasteiger partial charge in [0.15, 0.2) is 5.78 Å². The van der Waals surface area contributed by atoms with Crippen LogP contribution in [0.4, 0.5) is 10.7 Å². The second-order valence-corrected chi connectivity index (χ2v) is 5.98. The average Bonchev–Trinajstić information content (AvgIpc) is 2.61. The molecule has 1 aromatic heterocycles. The molecule has 5 heteroatoms. The van der Waals surface area contributed by atoms with E-state index in [1.807, 2.05) is 13.8 Å². The van der Waals surface area contributed by atoms with Crippen molar-refractivity contribution in [1.82, 2.24) is 0 Å². The first-order chi connectivity index (χ1) is 8.38. The molecule has 0 saturated heterocycles. The van der Waals surface area contributed by atoms with Crippen molar-refractivity contribution in [1.29, 1.82) is 5.26 Å². The van der Waals surface area contributed by atoms with Gasteiger partial charge in [0, 0.05) is 12.5 Å². The van der Waals surface area contributed by atoms with Gasteiger partial charge in [0.2, 0.25) is 0 Å². The van der Waals surface area contributed by atoms with Crippen LogP contribution in [0.25, 0.3) is 0 Å². The number of thiophene rings is 1. The molecule has 0 aromatic carbocycles. The van der Waals surface area contributed by atoms with Crippen LogP contribution in [0.3, 0.4) is 0 Å². The highest BCUT2D eigenvalue weighted by Crippen LogP contribution is 2.36. The molecule has 3 N–H and O–H groups in total. The summed E-state index contributed by atoms with van der Waals surface area (Å²) in [6, 6.07) is 2.07. The Kier molecular flexibility index (Phi) is 4.74. The highest BCUT2D eigenvalue weighted by Gasteiger charge is 2.22. The maximum absolute atomic E-state index is 12.0. The number of nitrogen functional groups attached to an aromatic ring is 1. The Hall–Kier alpha value is -1.54. The lowest BCUT2D eigenvalue weighted by Crippen LogP contribution is -2.08. The standard InChI is InChI=1S/C13H19N3OS/c1-7(2)6-16-13-9(5-14)10(15)12(18-13)11(17)8(3)4/h7-8,16H,6,15H2,1-4H3. The van der Waals surface area contributed by atoms with Gasteiger partial charge in [0.25, 0.3) is 0 Å². The molecule has 4 nitrogen and oxygen atoms in total. The zero-order valence-electron chi connectivity index (χ0n) is 11.2. The van der Waals surface area contributed by atoms with Crippen molar-refractivity contribution in [2.45, 2.75) is 27.7 Å². The van der Waals surface area contributed by atoms with Gasteiger partial charge in [-0.15, -0.1) is 11.3 Å². The Balaban J connectivity index is 3.10. The molecule has 0 unspecified atom stereocenters. The number of anilines is 2. The Morgan fingerprint density at radius 3 is 2.50 bits per heavy atom. The van der Waals surface area contributed by atoms with Gasteiger partial charge in [0.1, 0.15) is 16.6 Å². The smallest absolute Gasteiger partial charge is 0.177 e. The summed E-state index contributed by atoms with van der Waals surface area (Å²) in [5.74, 6) is 0.339. The highest BCUT2D eigenvalue weighted by molar-refractivity contribution is 7.19. The fraction of sp³-hybridized carbons (Fsp3) is 0.538. The van der Waals surface area contributed by atoms with E-state index in [4.69, 9.17) is 11.0 Å². The molecule has 0 aliphatic heterocycles. The lowest BCUT2D eigenvalue weighted by atomic mass is 10.1. The second-order valence-electron chi connectivity index (χ2n) is 4.95. The normalized spacial score (nSPS) is 10.7. The number of nitriles is 1. The van der Waals surface area contributed by atoms with Gasteiger partial charge in [-0.3, -0.25) is 4.79 Å². The van der Waals surface area contributed by atoms with Crippen LogP contribution in [-0.2, 0) is 0 Å². The predicted octanol–water partition coefficient (Wildman–Crippen LogP) is 3.11. The van der Waals surface area contributed by atoms with Crippen molar-refractivity contribution >= 4 is 27.8 Å². The first-order valence-electron chi connectivity index (χ1n) is 5.98. The largest absolute Gasteiger partial charge is 0.396 e. The maximum atomic E-state index is 12.0. The van der Waals surface area contributed by atoms with Gasteiger partial charge in [-0.05, 0) is 5.92 Å². The molecular weight excluding hydrogens is 246 g/mol. The molecule has 1 rings (SSSR count). The number of hydrogen-bond donors (Lipinski definition) is 2. The summed E-state index contributed by atoms with van der Waals surface area (Å²) in [5, 5.41) is 13.0. The average molecular weight is 265 g/mol. The predicted molar refractivity (Wildman–Crippen MR) is 75.9 cm³/mol. The lowest BCUT2D eigenvalue weighted by Gasteiger charge is -2.06. The van der Waals surface area contributed by atoms with Crippen LogP contribution in [-0.4, -0.2) is 12.3 Å². The molecule has 0 aliphatic rings. The molecule has 0 radical (unpaired) electrons. The topological polar surface area (TPSA) is 78.9 Å². The SMILES string of the molecule is CC(C)CNc1sc(C(=O)C(C)C)c(N)c1C#N. The second kappa shape index (κ2) is 5.87. The van der Waals surface area contributed by atoms with E-state index in [1.54, 1.807) is 0 Å². The Labute approximate surface area is 112 Å². The number of Topliss-reactive ketones (excluding diaryl/α,β-unsaturated/α-hetero) is 1. The number of carbonyl (C=O) groups is 1. The number of carbonyl (C=O) groups excluding carboxylic acids is 1. The number of ketones is 1. The monoisotopic (exact) mass is 265 g/mol. The van der Waals surface area contributed by atoms with Crippen LogP contribution in [0.2, 0.25) is 0 Å². The zero-order valence-corrected chi connectivity index (χ0v) is 12.0. The lowest BCUT2D eigenvalue weighted by molar-refractivity contribution is 0.0944. The molecule has 0 saturated carbocycles. The molecule has 0 spiro atoms. The third kappa shape index (κ3) is 3.02. The maximum Gasteiger partial charge on any atom is 0.177 e. The van der Waals surface area contributed by atoms with Crippen molar-refractivity contribution in [2.24, 2.45) is 11.8 Å². The third-order valence-electron chi connectivity index (χ3n) is 2.48. The third-order valence-corrected chi connectivity index (χ3v) is 3.65. The molecule has 0 aliphatic carbocycles. The number of hydrogen-bond acceptors (Lipinski definition) is 5. The van der Waals surface area contributed by atoms with Crippen LogP contribution in [0.5, 0.6) is 0 Å². The molecule has 0 fully saturated rings. The van der Waals surface area contributed by atoms with Gasteiger partial charge in [-0.2, -0.15) is 5.26 Å². The van der Waals surface area contributed by atoms with Crippen LogP contribution >= 0.6 is 11.3 Å². The zero-order chi connectivity index (χ0) is 13.9. The fourth-order valence-corrected chi connectivity index (χ4v) is 2.59. The van der Waals surface area contributed by atoms with Gasteiger partial charge < -0.3 is 11.1 Å². The fourth-order valence-electron chi connectivity index (χ4n) is 1.42. The number of nitrogens with one attached hydrogen (secondary N) is 1. The number of rotatable bonds is 5. The summed E-state index contributed by atoms with van der Waals surface area (Å²) in [6.07, 6.45) is 0. The highest BCUT2D eigenvalue weighted by atomic mass is 32.1. The van der Waals surface area contributed by atoms with Gasteiger partial charge in [-0.25, -0.2) is 0 Å². The van der Waals surface area contributed by atoms with Gasteiger partial charge >= 0.3 is 0 Å². The summed E-state index contributed by atoms with van der Waals surface area (Å²) < 4.78 is 0. The van der Waals surface area contributed by atoms with Crippen LogP contribution in [0, 0.1) is 23.2 Å². The van der Waals surface area contributed by atoms with E-state index < -0.39 is 0 Å². The van der Waals surface area contributed by atoms with E-state index in [-0.39, 0.29) is 11.7 Å². The van der Waals surface area contributed by atoms with E-state index in [1.165, 1.54) is 11.3 Å². The molecule has 1 aromatic rings. The molecule has 0 amide bonds. The Morgan fingerprint density at radius 1 is 1.44 bits per heavy atom. The molecule has 0 bridgehead atoms. The minimum absolute atomic E-state index is 0.00778. The molecular formula is C13H19N3OS. The van der Waals surface area contributed by atoms with E-state index in [0.717, 1.165) is 6.54 Å². The minimum atomic E-state index is -0.115. The van der Waals surface area contributed by atoms with E-state index in [2.05, 4.69) is 25.2 Å². The molecule has 98 valence electrons. The van der Waals surface area contributed by atoms with Crippen molar-refractivity contribution in [2.75, 3.05) is 17.6 Å². The molecule has 0 atom stereocenters. The van der Waals surface area contributed by atoms with Crippen molar-refractivity contribution in [3.63, 3.8) is 0 Å². The van der Waals surface area contributed by atoms with Crippen LogP contribution in [0.15, 0.2) is 0 Å². The summed E-state index contributed by atoms with van der Waals surface area (Å²) in [5.41, 5.74) is 6.59. The minimum Gasteiger partial charge on any atom is -0.396 e. The van der Waals surface area contributed by atoms with Crippen LogP contribution < -0.4 is 11.1 Å². The summed E-state index contributed by atoms with van der Waals surface area (Å²) >= 11 is 1.28.